The van der Waals surface area contributed by atoms with Crippen molar-refractivity contribution in [3.8, 4) is 0 Å². The number of allylic oxidation sites excluding steroid dienone is 1. The molecule has 1 aliphatic carbocycles. The van der Waals surface area contributed by atoms with Crippen molar-refractivity contribution in [3.63, 3.8) is 0 Å². The molecule has 5 nitrogen and oxygen atoms in total. The molecule has 3 rings (SSSR count). The molecule has 1 aromatic heterocycles. The fraction of sp³-hybridized carbons (Fsp3) is 0.667. The highest BCUT2D eigenvalue weighted by Crippen LogP contribution is 2.19. The number of hydrogen-bond donors (Lipinski definition) is 1. The minimum Gasteiger partial charge on any atom is -0.464 e. The molecule has 1 aliphatic heterocycles. The van der Waals surface area contributed by atoms with Gasteiger partial charge in [-0.3, -0.25) is 4.90 Å². The highest BCUT2D eigenvalue weighted by atomic mass is 32.1. The average molecular weight is 392 g/mol. The molecule has 0 saturated carbocycles. The van der Waals surface area contributed by atoms with Gasteiger partial charge < -0.3 is 19.4 Å². The molecule has 0 amide bonds. The summed E-state index contributed by atoms with van der Waals surface area (Å²) >= 11 is 5.73. The summed E-state index contributed by atoms with van der Waals surface area (Å²) in [6.07, 6.45) is 8.67. The first kappa shape index (κ1) is 20.4. The van der Waals surface area contributed by atoms with E-state index in [1.807, 2.05) is 19.1 Å². The lowest BCUT2D eigenvalue weighted by molar-refractivity contribution is 0.0355. The maximum Gasteiger partial charge on any atom is 0.169 e. The molecular weight excluding hydrogens is 358 g/mol. The summed E-state index contributed by atoms with van der Waals surface area (Å²) in [5, 5.41) is 4.30. The van der Waals surface area contributed by atoms with Gasteiger partial charge in [-0.15, -0.1) is 0 Å². The number of aryl methyl sites for hydroxylation is 1. The number of hydrogen-bond acceptors (Lipinski definition) is 4. The van der Waals surface area contributed by atoms with Crippen molar-refractivity contribution >= 4 is 17.3 Å². The third-order valence-corrected chi connectivity index (χ3v) is 5.73. The average Bonchev–Trinajstić information content (AvgIpc) is 3.11. The van der Waals surface area contributed by atoms with Gasteiger partial charge in [0.2, 0.25) is 0 Å². The fourth-order valence-electron chi connectivity index (χ4n) is 3.67. The van der Waals surface area contributed by atoms with Gasteiger partial charge in [0.15, 0.2) is 5.11 Å². The third-order valence-electron chi connectivity index (χ3n) is 5.33. The number of thiocarbonyl (C=S) groups is 1. The molecule has 0 spiro atoms. The second kappa shape index (κ2) is 10.8. The first-order chi connectivity index (χ1) is 13.2. The summed E-state index contributed by atoms with van der Waals surface area (Å²) < 4.78 is 11.2. The molecule has 1 aromatic rings. The minimum atomic E-state index is 0.715. The predicted molar refractivity (Wildman–Crippen MR) is 113 cm³/mol. The van der Waals surface area contributed by atoms with Crippen molar-refractivity contribution in [2.24, 2.45) is 0 Å². The van der Waals surface area contributed by atoms with E-state index in [1.165, 1.54) is 25.7 Å². The first-order valence-corrected chi connectivity index (χ1v) is 10.7. The fourth-order valence-corrected chi connectivity index (χ4v) is 3.93. The van der Waals surface area contributed by atoms with Gasteiger partial charge in [-0.2, -0.15) is 0 Å². The molecule has 27 heavy (non-hydrogen) atoms. The second-order valence-corrected chi connectivity index (χ2v) is 7.86. The highest BCUT2D eigenvalue weighted by Gasteiger charge is 2.16. The third kappa shape index (κ3) is 6.94. The molecule has 0 atom stereocenters. The van der Waals surface area contributed by atoms with Gasteiger partial charge in [0.25, 0.3) is 0 Å². The number of nitrogens with zero attached hydrogens (tertiary/aromatic N) is 2. The number of furan rings is 1. The minimum absolute atomic E-state index is 0.715. The molecule has 0 bridgehead atoms. The van der Waals surface area contributed by atoms with Crippen LogP contribution in [0.25, 0.3) is 0 Å². The van der Waals surface area contributed by atoms with Crippen molar-refractivity contribution in [1.82, 2.24) is 15.1 Å². The zero-order valence-corrected chi connectivity index (χ0v) is 17.4. The molecular formula is C21H33N3O2S. The summed E-state index contributed by atoms with van der Waals surface area (Å²) in [5.74, 6) is 1.91. The van der Waals surface area contributed by atoms with Crippen LogP contribution < -0.4 is 5.32 Å². The maximum absolute atomic E-state index is 5.78. The molecule has 0 radical (unpaired) electrons. The molecule has 2 aliphatic rings. The Morgan fingerprint density at radius 3 is 2.81 bits per heavy atom. The maximum atomic E-state index is 5.78. The van der Waals surface area contributed by atoms with Crippen LogP contribution in [-0.2, 0) is 11.3 Å². The van der Waals surface area contributed by atoms with Gasteiger partial charge >= 0.3 is 0 Å². The molecule has 2 heterocycles. The first-order valence-electron chi connectivity index (χ1n) is 10.3. The van der Waals surface area contributed by atoms with Gasteiger partial charge in [-0.1, -0.05) is 11.6 Å². The van der Waals surface area contributed by atoms with Gasteiger partial charge in [0.05, 0.1) is 19.8 Å². The van der Waals surface area contributed by atoms with E-state index in [9.17, 15) is 0 Å². The second-order valence-electron chi connectivity index (χ2n) is 7.48. The normalized spacial score (nSPS) is 18.2. The molecule has 1 saturated heterocycles. The van der Waals surface area contributed by atoms with Crippen LogP contribution in [0.4, 0.5) is 0 Å². The highest BCUT2D eigenvalue weighted by molar-refractivity contribution is 7.80. The summed E-state index contributed by atoms with van der Waals surface area (Å²) in [4.78, 5) is 4.68. The monoisotopic (exact) mass is 391 g/mol. The zero-order chi connectivity index (χ0) is 18.9. The zero-order valence-electron chi connectivity index (χ0n) is 16.5. The molecule has 1 N–H and O–H groups in total. The van der Waals surface area contributed by atoms with E-state index in [-0.39, 0.29) is 0 Å². The molecule has 6 heteroatoms. The van der Waals surface area contributed by atoms with E-state index in [0.717, 1.165) is 69.0 Å². The van der Waals surface area contributed by atoms with E-state index >= 15 is 0 Å². The Morgan fingerprint density at radius 2 is 2.11 bits per heavy atom. The Hall–Kier alpha value is -1.37. The van der Waals surface area contributed by atoms with E-state index < -0.39 is 0 Å². The van der Waals surface area contributed by atoms with Crippen LogP contribution in [0, 0.1) is 6.92 Å². The SMILES string of the molecule is Cc1ccc(CN(CCN2CCOCC2)C(=S)NCCC2=CCCCC2)o1. The quantitative estimate of drug-likeness (QED) is 0.540. The number of morpholine rings is 1. The van der Waals surface area contributed by atoms with Crippen molar-refractivity contribution in [3.05, 3.63) is 35.3 Å². The summed E-state index contributed by atoms with van der Waals surface area (Å²) in [7, 11) is 0. The van der Waals surface area contributed by atoms with Crippen molar-refractivity contribution in [2.75, 3.05) is 45.9 Å². The Bertz CT molecular complexity index is 623. The number of rotatable bonds is 8. The van der Waals surface area contributed by atoms with Crippen molar-refractivity contribution < 1.29 is 9.15 Å². The Balaban J connectivity index is 1.50. The standard InChI is InChI=1S/C21H33N3O2S/c1-18-7-8-20(26-18)17-24(12-11-23-13-15-25-16-14-23)21(27)22-10-9-19-5-3-2-4-6-19/h5,7-8H,2-4,6,9-17H2,1H3,(H,22,27). The summed E-state index contributed by atoms with van der Waals surface area (Å²) in [6.45, 7) is 9.16. The topological polar surface area (TPSA) is 40.9 Å². The van der Waals surface area contributed by atoms with Crippen LogP contribution in [0.1, 0.15) is 43.6 Å². The van der Waals surface area contributed by atoms with Crippen molar-refractivity contribution in [1.29, 1.82) is 0 Å². The van der Waals surface area contributed by atoms with Gasteiger partial charge in [-0.25, -0.2) is 0 Å². The van der Waals surface area contributed by atoms with Crippen LogP contribution in [0.2, 0.25) is 0 Å². The van der Waals surface area contributed by atoms with Crippen LogP contribution in [0.5, 0.6) is 0 Å². The van der Waals surface area contributed by atoms with E-state index in [0.29, 0.717) is 6.54 Å². The Morgan fingerprint density at radius 1 is 1.26 bits per heavy atom. The number of ether oxygens (including phenoxy) is 1. The van der Waals surface area contributed by atoms with Crippen LogP contribution in [0.15, 0.2) is 28.2 Å². The number of nitrogens with one attached hydrogen (secondary N) is 1. The van der Waals surface area contributed by atoms with Crippen LogP contribution >= 0.6 is 12.2 Å². The lowest BCUT2D eigenvalue weighted by atomic mass is 9.97. The Labute approximate surface area is 168 Å². The van der Waals surface area contributed by atoms with Crippen LogP contribution in [-0.4, -0.2) is 60.8 Å². The predicted octanol–water partition coefficient (Wildman–Crippen LogP) is 3.49. The Kier molecular flexibility index (Phi) is 8.17. The van der Waals surface area contributed by atoms with E-state index in [1.54, 1.807) is 5.57 Å². The van der Waals surface area contributed by atoms with E-state index in [4.69, 9.17) is 21.4 Å². The van der Waals surface area contributed by atoms with Gasteiger partial charge in [0.1, 0.15) is 11.5 Å². The van der Waals surface area contributed by atoms with Crippen molar-refractivity contribution in [2.45, 2.75) is 45.6 Å². The lowest BCUT2D eigenvalue weighted by Crippen LogP contribution is -2.45. The van der Waals surface area contributed by atoms with Gasteiger partial charge in [0, 0.05) is 32.7 Å². The van der Waals surface area contributed by atoms with E-state index in [2.05, 4.69) is 21.2 Å². The molecule has 0 aromatic carbocycles. The molecule has 0 unspecified atom stereocenters. The largest absolute Gasteiger partial charge is 0.464 e. The molecule has 150 valence electrons. The smallest absolute Gasteiger partial charge is 0.169 e. The van der Waals surface area contributed by atoms with Gasteiger partial charge in [-0.05, 0) is 63.4 Å². The summed E-state index contributed by atoms with van der Waals surface area (Å²) in [5.41, 5.74) is 1.58. The lowest BCUT2D eigenvalue weighted by Gasteiger charge is -2.31. The molecule has 1 fully saturated rings. The van der Waals surface area contributed by atoms with Crippen LogP contribution in [0.3, 0.4) is 0 Å². The summed E-state index contributed by atoms with van der Waals surface area (Å²) in [6, 6.07) is 4.06.